The molecule has 0 unspecified atom stereocenters. The van der Waals surface area contributed by atoms with Gasteiger partial charge in [0.05, 0.1) is 18.7 Å². The molecule has 8 heteroatoms. The second kappa shape index (κ2) is 7.15. The highest BCUT2D eigenvalue weighted by Gasteiger charge is 2.33. The van der Waals surface area contributed by atoms with Crippen molar-refractivity contribution in [3.8, 4) is 17.1 Å². The maximum atomic E-state index is 13.0. The Hall–Kier alpha value is -2.90. The van der Waals surface area contributed by atoms with E-state index in [2.05, 4.69) is 15.0 Å². The Morgan fingerprint density at radius 2 is 1.92 bits per heavy atom. The third-order valence-corrected chi connectivity index (χ3v) is 3.65. The van der Waals surface area contributed by atoms with Gasteiger partial charge in [0.1, 0.15) is 23.1 Å². The first-order valence-electron chi connectivity index (χ1n) is 8.03. The zero-order valence-electron chi connectivity index (χ0n) is 14.3. The monoisotopic (exact) mass is 362 g/mol. The highest BCUT2D eigenvalue weighted by Crippen LogP contribution is 2.30. The predicted octanol–water partition coefficient (Wildman–Crippen LogP) is 4.11. The summed E-state index contributed by atoms with van der Waals surface area (Å²) < 4.78 is 46.3. The molecule has 0 fully saturated rings. The van der Waals surface area contributed by atoms with Gasteiger partial charge in [-0.1, -0.05) is 12.1 Å². The van der Waals surface area contributed by atoms with Crippen LogP contribution in [-0.4, -0.2) is 26.1 Å². The highest BCUT2D eigenvalue weighted by molar-refractivity contribution is 5.64. The van der Waals surface area contributed by atoms with Crippen LogP contribution in [0.5, 0.6) is 5.75 Å². The fourth-order valence-electron chi connectivity index (χ4n) is 2.61. The number of imidazole rings is 1. The number of rotatable bonds is 5. The SMILES string of the molecule is CCOc1ccccc1-c1nccn1Cc1nc(C)cc(C(F)(F)F)n1. The average Bonchev–Trinajstić information content (AvgIpc) is 3.02. The van der Waals surface area contributed by atoms with Crippen molar-refractivity contribution in [2.45, 2.75) is 26.6 Å². The minimum Gasteiger partial charge on any atom is -0.493 e. The van der Waals surface area contributed by atoms with Crippen LogP contribution >= 0.6 is 0 Å². The number of hydrogen-bond acceptors (Lipinski definition) is 4. The second-order valence-corrected chi connectivity index (χ2v) is 5.62. The Labute approximate surface area is 148 Å². The Morgan fingerprint density at radius 3 is 2.65 bits per heavy atom. The lowest BCUT2D eigenvalue weighted by atomic mass is 10.2. The van der Waals surface area contributed by atoms with Crippen molar-refractivity contribution in [3.63, 3.8) is 0 Å². The number of aryl methyl sites for hydroxylation is 1. The smallest absolute Gasteiger partial charge is 0.433 e. The van der Waals surface area contributed by atoms with Crippen molar-refractivity contribution < 1.29 is 17.9 Å². The number of para-hydroxylation sites is 1. The zero-order valence-corrected chi connectivity index (χ0v) is 14.3. The number of nitrogens with zero attached hydrogens (tertiary/aromatic N) is 4. The van der Waals surface area contributed by atoms with E-state index in [1.807, 2.05) is 31.2 Å². The molecule has 26 heavy (non-hydrogen) atoms. The van der Waals surface area contributed by atoms with Gasteiger partial charge in [0.25, 0.3) is 0 Å². The fraction of sp³-hybridized carbons (Fsp3) is 0.278. The first-order valence-corrected chi connectivity index (χ1v) is 8.03. The van der Waals surface area contributed by atoms with Gasteiger partial charge in [-0.2, -0.15) is 13.2 Å². The summed E-state index contributed by atoms with van der Waals surface area (Å²) in [6.45, 7) is 3.95. The van der Waals surface area contributed by atoms with Gasteiger partial charge in [-0.25, -0.2) is 15.0 Å². The number of halogens is 3. The molecular weight excluding hydrogens is 345 g/mol. The number of hydrogen-bond donors (Lipinski definition) is 0. The van der Waals surface area contributed by atoms with Crippen LogP contribution in [-0.2, 0) is 12.7 Å². The minimum absolute atomic E-state index is 0.0700. The van der Waals surface area contributed by atoms with Gasteiger partial charge in [-0.3, -0.25) is 0 Å². The second-order valence-electron chi connectivity index (χ2n) is 5.62. The topological polar surface area (TPSA) is 52.8 Å². The van der Waals surface area contributed by atoms with E-state index >= 15 is 0 Å². The normalized spacial score (nSPS) is 11.6. The summed E-state index contributed by atoms with van der Waals surface area (Å²) in [4.78, 5) is 12.1. The zero-order chi connectivity index (χ0) is 18.7. The predicted molar refractivity (Wildman–Crippen MR) is 89.7 cm³/mol. The summed E-state index contributed by atoms with van der Waals surface area (Å²) in [5.74, 6) is 1.31. The van der Waals surface area contributed by atoms with Gasteiger partial charge in [-0.05, 0) is 32.0 Å². The van der Waals surface area contributed by atoms with Crippen LogP contribution in [0.25, 0.3) is 11.4 Å². The fourth-order valence-corrected chi connectivity index (χ4v) is 2.61. The van der Waals surface area contributed by atoms with E-state index in [9.17, 15) is 13.2 Å². The van der Waals surface area contributed by atoms with Crippen LogP contribution in [0.1, 0.15) is 24.1 Å². The van der Waals surface area contributed by atoms with Crippen LogP contribution in [0.2, 0.25) is 0 Å². The average molecular weight is 362 g/mol. The molecule has 0 radical (unpaired) electrons. The molecule has 0 saturated heterocycles. The van der Waals surface area contributed by atoms with Crippen molar-refractivity contribution in [3.05, 3.63) is 59.9 Å². The molecule has 3 aromatic rings. The third kappa shape index (κ3) is 3.84. The molecule has 3 rings (SSSR count). The van der Waals surface area contributed by atoms with E-state index in [-0.39, 0.29) is 18.1 Å². The molecule has 0 atom stereocenters. The van der Waals surface area contributed by atoms with E-state index in [1.165, 1.54) is 6.92 Å². The molecule has 0 spiro atoms. The van der Waals surface area contributed by atoms with E-state index in [0.29, 0.717) is 18.2 Å². The van der Waals surface area contributed by atoms with E-state index in [0.717, 1.165) is 11.6 Å². The molecule has 0 aliphatic heterocycles. The largest absolute Gasteiger partial charge is 0.493 e. The Bertz CT molecular complexity index is 905. The first-order chi connectivity index (χ1) is 12.4. The van der Waals surface area contributed by atoms with Crippen LogP contribution in [0, 0.1) is 6.92 Å². The van der Waals surface area contributed by atoms with Gasteiger partial charge >= 0.3 is 6.18 Å². The van der Waals surface area contributed by atoms with Gasteiger partial charge in [0, 0.05) is 18.1 Å². The van der Waals surface area contributed by atoms with Crippen molar-refractivity contribution in [1.82, 2.24) is 19.5 Å². The molecule has 2 heterocycles. The van der Waals surface area contributed by atoms with Gasteiger partial charge in [-0.15, -0.1) is 0 Å². The molecule has 2 aromatic heterocycles. The molecule has 0 aliphatic carbocycles. The molecule has 136 valence electrons. The van der Waals surface area contributed by atoms with Gasteiger partial charge in [0.2, 0.25) is 0 Å². The molecule has 0 saturated carbocycles. The van der Waals surface area contributed by atoms with E-state index in [1.54, 1.807) is 17.0 Å². The summed E-state index contributed by atoms with van der Waals surface area (Å²) in [6.07, 6.45) is -1.25. The van der Waals surface area contributed by atoms with Crippen LogP contribution < -0.4 is 4.74 Å². The maximum Gasteiger partial charge on any atom is 0.433 e. The molecule has 1 aromatic carbocycles. The summed E-state index contributed by atoms with van der Waals surface area (Å²) in [5, 5.41) is 0. The van der Waals surface area contributed by atoms with Crippen LogP contribution in [0.3, 0.4) is 0 Å². The maximum absolute atomic E-state index is 13.0. The quantitative estimate of drug-likeness (QED) is 0.685. The Balaban J connectivity index is 1.97. The third-order valence-electron chi connectivity index (χ3n) is 3.65. The van der Waals surface area contributed by atoms with Crippen molar-refractivity contribution in [2.24, 2.45) is 0 Å². The summed E-state index contributed by atoms with van der Waals surface area (Å²) in [5.41, 5.74) is 0.0677. The molecule has 0 N–H and O–H groups in total. The van der Waals surface area contributed by atoms with Crippen LogP contribution in [0.4, 0.5) is 13.2 Å². The Kier molecular flexibility index (Phi) is 4.92. The number of ether oxygens (including phenoxy) is 1. The van der Waals surface area contributed by atoms with Crippen molar-refractivity contribution in [2.75, 3.05) is 6.61 Å². The lowest BCUT2D eigenvalue weighted by molar-refractivity contribution is -0.141. The van der Waals surface area contributed by atoms with Crippen LogP contribution in [0.15, 0.2) is 42.7 Å². The summed E-state index contributed by atoms with van der Waals surface area (Å²) >= 11 is 0. The van der Waals surface area contributed by atoms with E-state index < -0.39 is 11.9 Å². The lowest BCUT2D eigenvalue weighted by Gasteiger charge is -2.13. The molecule has 0 aliphatic rings. The minimum atomic E-state index is -4.51. The first kappa shape index (κ1) is 17.9. The van der Waals surface area contributed by atoms with Crippen molar-refractivity contribution >= 4 is 0 Å². The van der Waals surface area contributed by atoms with Gasteiger partial charge < -0.3 is 9.30 Å². The summed E-state index contributed by atoms with van der Waals surface area (Å²) in [6, 6.07) is 8.30. The van der Waals surface area contributed by atoms with Crippen molar-refractivity contribution in [1.29, 1.82) is 0 Å². The lowest BCUT2D eigenvalue weighted by Crippen LogP contribution is -2.14. The highest BCUT2D eigenvalue weighted by atomic mass is 19.4. The number of alkyl halides is 3. The van der Waals surface area contributed by atoms with Gasteiger partial charge in [0.15, 0.2) is 0 Å². The Morgan fingerprint density at radius 1 is 1.15 bits per heavy atom. The summed E-state index contributed by atoms with van der Waals surface area (Å²) in [7, 11) is 0. The molecular formula is C18H17F3N4O. The number of benzene rings is 1. The number of aromatic nitrogens is 4. The molecule has 0 amide bonds. The standard InChI is InChI=1S/C18H17F3N4O/c1-3-26-14-7-5-4-6-13(14)17-22-8-9-25(17)11-16-23-12(2)10-15(24-16)18(19,20)21/h4-10H,3,11H2,1-2H3. The van der Waals surface area contributed by atoms with E-state index in [4.69, 9.17) is 4.74 Å². The molecule has 0 bridgehead atoms. The molecule has 5 nitrogen and oxygen atoms in total.